The lowest BCUT2D eigenvalue weighted by atomic mass is 10.1. The molecule has 0 aromatic carbocycles. The van der Waals surface area contributed by atoms with Crippen LogP contribution in [-0.4, -0.2) is 59.8 Å². The first-order valence-electron chi connectivity index (χ1n) is 6.58. The second kappa shape index (κ2) is 7.68. The third kappa shape index (κ3) is 5.43. The quantitative estimate of drug-likeness (QED) is 0.630. The maximum Gasteiger partial charge on any atom is 0.326 e. The highest BCUT2D eigenvalue weighted by atomic mass is 16.5. The van der Waals surface area contributed by atoms with E-state index in [9.17, 15) is 14.4 Å². The van der Waals surface area contributed by atoms with Crippen molar-refractivity contribution in [1.82, 2.24) is 10.2 Å². The van der Waals surface area contributed by atoms with Gasteiger partial charge in [-0.3, -0.25) is 4.79 Å². The Bertz CT molecular complexity index is 374. The summed E-state index contributed by atoms with van der Waals surface area (Å²) in [6, 6.07) is -1.58. The number of ether oxygens (including phenoxy) is 1. The van der Waals surface area contributed by atoms with Crippen LogP contribution in [0.1, 0.15) is 26.2 Å². The van der Waals surface area contributed by atoms with Crippen LogP contribution in [0, 0.1) is 0 Å². The Kier molecular flexibility index (Phi) is 6.23. The lowest BCUT2D eigenvalue weighted by molar-refractivity contribution is -0.139. The molecule has 1 fully saturated rings. The second-order valence-corrected chi connectivity index (χ2v) is 4.83. The van der Waals surface area contributed by atoms with Crippen molar-refractivity contribution < 1.29 is 24.2 Å². The summed E-state index contributed by atoms with van der Waals surface area (Å²) >= 11 is 0. The van der Waals surface area contributed by atoms with Gasteiger partial charge in [0.05, 0.1) is 6.10 Å². The Morgan fingerprint density at radius 1 is 1.50 bits per heavy atom. The Morgan fingerprint density at radius 3 is 2.80 bits per heavy atom. The highest BCUT2D eigenvalue weighted by Gasteiger charge is 2.25. The molecular weight excluding hydrogens is 266 g/mol. The van der Waals surface area contributed by atoms with Crippen LogP contribution in [0.5, 0.6) is 0 Å². The fourth-order valence-corrected chi connectivity index (χ4v) is 1.96. The van der Waals surface area contributed by atoms with Crippen LogP contribution in [0.4, 0.5) is 4.79 Å². The van der Waals surface area contributed by atoms with Crippen molar-refractivity contribution >= 4 is 17.9 Å². The predicted octanol–water partition coefficient (Wildman–Crippen LogP) is -0.474. The van der Waals surface area contributed by atoms with Gasteiger partial charge < -0.3 is 25.8 Å². The Labute approximate surface area is 117 Å². The van der Waals surface area contributed by atoms with E-state index in [0.717, 1.165) is 0 Å². The first-order valence-corrected chi connectivity index (χ1v) is 6.58. The molecule has 1 saturated heterocycles. The summed E-state index contributed by atoms with van der Waals surface area (Å²) in [6.07, 6.45) is 0.515. The van der Waals surface area contributed by atoms with Gasteiger partial charge in [0.1, 0.15) is 6.04 Å². The topological polar surface area (TPSA) is 122 Å². The molecule has 20 heavy (non-hydrogen) atoms. The smallest absolute Gasteiger partial charge is 0.326 e. The Morgan fingerprint density at radius 2 is 2.20 bits per heavy atom. The molecule has 2 atom stereocenters. The summed E-state index contributed by atoms with van der Waals surface area (Å²) < 4.78 is 5.42. The van der Waals surface area contributed by atoms with Gasteiger partial charge in [-0.1, -0.05) is 0 Å². The van der Waals surface area contributed by atoms with Gasteiger partial charge in [-0.05, 0) is 19.8 Å². The minimum absolute atomic E-state index is 0.0176. The molecule has 8 heteroatoms. The fourth-order valence-electron chi connectivity index (χ4n) is 1.96. The number of hydrogen-bond donors (Lipinski definition) is 3. The number of rotatable bonds is 5. The van der Waals surface area contributed by atoms with E-state index in [0.29, 0.717) is 26.1 Å². The second-order valence-electron chi connectivity index (χ2n) is 4.83. The molecule has 3 amide bonds. The van der Waals surface area contributed by atoms with Crippen LogP contribution in [0.3, 0.4) is 0 Å². The lowest BCUT2D eigenvalue weighted by Gasteiger charge is -2.24. The normalized spacial score (nSPS) is 20.9. The molecule has 1 aliphatic rings. The molecular formula is C12H21N3O5. The van der Waals surface area contributed by atoms with Crippen molar-refractivity contribution in [2.45, 2.75) is 38.3 Å². The summed E-state index contributed by atoms with van der Waals surface area (Å²) in [7, 11) is 0. The van der Waals surface area contributed by atoms with E-state index < -0.39 is 23.9 Å². The van der Waals surface area contributed by atoms with E-state index in [4.69, 9.17) is 15.6 Å². The highest BCUT2D eigenvalue weighted by Crippen LogP contribution is 2.07. The van der Waals surface area contributed by atoms with Gasteiger partial charge >= 0.3 is 12.0 Å². The molecule has 0 aromatic heterocycles. The maximum absolute atomic E-state index is 12.0. The summed E-state index contributed by atoms with van der Waals surface area (Å²) in [6.45, 7) is 3.36. The third-order valence-electron chi connectivity index (χ3n) is 3.01. The number of hydrogen-bond acceptors (Lipinski definition) is 4. The third-order valence-corrected chi connectivity index (χ3v) is 3.01. The minimum atomic E-state index is -1.18. The number of carboxylic acid groups (broad SMARTS) is 1. The van der Waals surface area contributed by atoms with Gasteiger partial charge in [0.2, 0.25) is 5.91 Å². The molecule has 1 aliphatic heterocycles. The monoisotopic (exact) mass is 287 g/mol. The highest BCUT2D eigenvalue weighted by molar-refractivity contribution is 5.83. The zero-order valence-corrected chi connectivity index (χ0v) is 11.5. The van der Waals surface area contributed by atoms with Crippen molar-refractivity contribution in [2.75, 3.05) is 19.7 Å². The number of nitrogens with one attached hydrogen (secondary N) is 1. The SMILES string of the molecule is CC1CN(C(=O)N[C@@H](CCC(N)=O)C(=O)O)CCCO1. The number of carbonyl (C=O) groups excluding carboxylic acids is 2. The van der Waals surface area contributed by atoms with Crippen molar-refractivity contribution in [3.8, 4) is 0 Å². The number of aliphatic carboxylic acids is 1. The molecule has 4 N–H and O–H groups in total. The zero-order chi connectivity index (χ0) is 15.1. The number of urea groups is 1. The molecule has 0 saturated carbocycles. The van der Waals surface area contributed by atoms with Crippen molar-refractivity contribution in [1.29, 1.82) is 0 Å². The molecule has 1 rings (SSSR count). The van der Waals surface area contributed by atoms with Crippen LogP contribution in [0.15, 0.2) is 0 Å². The molecule has 0 aromatic rings. The van der Waals surface area contributed by atoms with Gasteiger partial charge in [0.15, 0.2) is 0 Å². The van der Waals surface area contributed by atoms with Gasteiger partial charge in [-0.2, -0.15) is 0 Å². The standard InChI is InChI=1S/C12H21N3O5/c1-8-7-15(5-2-6-20-8)12(19)14-9(11(17)18)3-4-10(13)16/h8-9H,2-7H2,1H3,(H2,13,16)(H,14,19)(H,17,18)/t8?,9-/m0/s1. The van der Waals surface area contributed by atoms with Crippen LogP contribution in [0.25, 0.3) is 0 Å². The molecule has 0 radical (unpaired) electrons. The first kappa shape index (κ1) is 16.2. The predicted molar refractivity (Wildman–Crippen MR) is 70.0 cm³/mol. The number of nitrogens with two attached hydrogens (primary N) is 1. The molecule has 1 unspecified atom stereocenters. The lowest BCUT2D eigenvalue weighted by Crippen LogP contribution is -2.49. The first-order chi connectivity index (χ1) is 9.40. The molecule has 0 spiro atoms. The zero-order valence-electron chi connectivity index (χ0n) is 11.5. The van der Waals surface area contributed by atoms with E-state index in [-0.39, 0.29) is 18.9 Å². The van der Waals surface area contributed by atoms with Gasteiger partial charge in [0, 0.05) is 26.1 Å². The summed E-state index contributed by atoms with van der Waals surface area (Å²) in [5.41, 5.74) is 4.98. The van der Waals surface area contributed by atoms with Crippen LogP contribution in [-0.2, 0) is 14.3 Å². The average Bonchev–Trinajstić information content (AvgIpc) is 2.58. The number of amides is 3. The van der Waals surface area contributed by atoms with Gasteiger partial charge in [-0.15, -0.1) is 0 Å². The molecule has 0 aliphatic carbocycles. The summed E-state index contributed by atoms with van der Waals surface area (Å²) in [5.74, 6) is -1.78. The Hall–Kier alpha value is -1.83. The van der Waals surface area contributed by atoms with Crippen LogP contribution < -0.4 is 11.1 Å². The van der Waals surface area contributed by atoms with Crippen molar-refractivity contribution in [2.24, 2.45) is 5.73 Å². The van der Waals surface area contributed by atoms with E-state index in [1.54, 1.807) is 0 Å². The van der Waals surface area contributed by atoms with Gasteiger partial charge in [0.25, 0.3) is 0 Å². The average molecular weight is 287 g/mol. The molecule has 8 nitrogen and oxygen atoms in total. The molecule has 0 bridgehead atoms. The number of primary amides is 1. The minimum Gasteiger partial charge on any atom is -0.480 e. The van der Waals surface area contributed by atoms with Crippen molar-refractivity contribution in [3.63, 3.8) is 0 Å². The molecule has 114 valence electrons. The van der Waals surface area contributed by atoms with Crippen LogP contribution >= 0.6 is 0 Å². The largest absolute Gasteiger partial charge is 0.480 e. The van der Waals surface area contributed by atoms with E-state index >= 15 is 0 Å². The fraction of sp³-hybridized carbons (Fsp3) is 0.750. The summed E-state index contributed by atoms with van der Waals surface area (Å²) in [4.78, 5) is 35.3. The van der Waals surface area contributed by atoms with Crippen molar-refractivity contribution in [3.05, 3.63) is 0 Å². The van der Waals surface area contributed by atoms with E-state index in [1.165, 1.54) is 4.90 Å². The Balaban J connectivity index is 2.55. The molecule has 1 heterocycles. The number of nitrogens with zero attached hydrogens (tertiary/aromatic N) is 1. The van der Waals surface area contributed by atoms with Crippen LogP contribution in [0.2, 0.25) is 0 Å². The number of carboxylic acids is 1. The maximum atomic E-state index is 12.0. The number of carbonyl (C=O) groups is 3. The van der Waals surface area contributed by atoms with E-state index in [1.807, 2.05) is 6.92 Å². The summed E-state index contributed by atoms with van der Waals surface area (Å²) in [5, 5.41) is 11.4. The van der Waals surface area contributed by atoms with E-state index in [2.05, 4.69) is 5.32 Å². The van der Waals surface area contributed by atoms with Gasteiger partial charge in [-0.25, -0.2) is 9.59 Å².